The minimum absolute atomic E-state index is 0.267. The lowest BCUT2D eigenvalue weighted by Crippen LogP contribution is -2.35. The SMILES string of the molecule is CCCCCCCCCCCCCCCCCC(=O)OC(OC(=O)CCCCCCCCCCCCCCCCC)C1COC=N1. The lowest BCUT2D eigenvalue weighted by atomic mass is 10.0. The van der Waals surface area contributed by atoms with E-state index in [1.807, 2.05) is 0 Å². The van der Waals surface area contributed by atoms with E-state index in [1.165, 1.54) is 161 Å². The maximum Gasteiger partial charge on any atom is 0.308 e. The van der Waals surface area contributed by atoms with Crippen LogP contribution < -0.4 is 0 Å². The van der Waals surface area contributed by atoms with E-state index in [-0.39, 0.29) is 18.5 Å². The molecule has 1 unspecified atom stereocenters. The van der Waals surface area contributed by atoms with Gasteiger partial charge in [-0.15, -0.1) is 0 Å². The van der Waals surface area contributed by atoms with Crippen molar-refractivity contribution in [2.24, 2.45) is 4.99 Å². The second kappa shape index (κ2) is 33.3. The number of rotatable bonds is 35. The molecule has 0 spiro atoms. The zero-order chi connectivity index (χ0) is 33.2. The van der Waals surface area contributed by atoms with Crippen LogP contribution in [0, 0.1) is 0 Å². The molecule has 1 aliphatic heterocycles. The molecule has 0 amide bonds. The van der Waals surface area contributed by atoms with Crippen LogP contribution in [0.3, 0.4) is 0 Å². The summed E-state index contributed by atoms with van der Waals surface area (Å²) in [6, 6.07) is -0.477. The average Bonchev–Trinajstić information content (AvgIpc) is 3.60. The molecule has 0 fully saturated rings. The van der Waals surface area contributed by atoms with Gasteiger partial charge in [-0.3, -0.25) is 9.59 Å². The standard InChI is InChI=1S/C40H75NO5/c1-3-5-7-9-11-13-15-17-19-21-23-25-27-29-31-33-38(42)45-40(37-35-44-36-41-37)46-39(43)34-32-30-28-26-24-22-20-18-16-14-12-10-8-6-4-2/h36-37,40H,3-35H2,1-2H3. The highest BCUT2D eigenvalue weighted by Gasteiger charge is 2.31. The molecule has 6 nitrogen and oxygen atoms in total. The van der Waals surface area contributed by atoms with Crippen LogP contribution in [0.1, 0.15) is 219 Å². The van der Waals surface area contributed by atoms with Crippen molar-refractivity contribution in [3.05, 3.63) is 0 Å². The normalized spacial score (nSPS) is 14.2. The minimum Gasteiger partial charge on any atom is -0.481 e. The molecular formula is C40H75NO5. The summed E-state index contributed by atoms with van der Waals surface area (Å²) in [6.07, 6.45) is 39.7. The first-order valence-corrected chi connectivity index (χ1v) is 20.2. The molecular weight excluding hydrogens is 574 g/mol. The fourth-order valence-corrected chi connectivity index (χ4v) is 6.29. The summed E-state index contributed by atoms with van der Waals surface area (Å²) >= 11 is 0. The summed E-state index contributed by atoms with van der Waals surface area (Å²) in [7, 11) is 0. The van der Waals surface area contributed by atoms with Gasteiger partial charge in [0.15, 0.2) is 12.4 Å². The number of esters is 2. The van der Waals surface area contributed by atoms with E-state index in [0.717, 1.165) is 38.5 Å². The number of carbonyl (C=O) groups excluding carboxylic acids is 2. The average molecular weight is 650 g/mol. The van der Waals surface area contributed by atoms with Crippen molar-refractivity contribution >= 4 is 18.3 Å². The highest BCUT2D eigenvalue weighted by molar-refractivity contribution is 5.71. The van der Waals surface area contributed by atoms with Crippen LogP contribution in [0.4, 0.5) is 0 Å². The Morgan fingerprint density at radius 2 is 0.804 bits per heavy atom. The molecule has 1 aliphatic rings. The summed E-state index contributed by atoms with van der Waals surface area (Å²) in [4.78, 5) is 29.2. The zero-order valence-corrected chi connectivity index (χ0v) is 30.6. The first kappa shape index (κ1) is 42.4. The van der Waals surface area contributed by atoms with Crippen LogP contribution >= 0.6 is 0 Å². The summed E-state index contributed by atoms with van der Waals surface area (Å²) in [5.41, 5.74) is 0. The van der Waals surface area contributed by atoms with E-state index in [4.69, 9.17) is 14.2 Å². The first-order valence-electron chi connectivity index (χ1n) is 20.2. The second-order valence-electron chi connectivity index (χ2n) is 13.9. The highest BCUT2D eigenvalue weighted by Crippen LogP contribution is 2.18. The van der Waals surface area contributed by atoms with Gasteiger partial charge in [0.25, 0.3) is 6.29 Å². The lowest BCUT2D eigenvalue weighted by molar-refractivity contribution is -0.192. The molecule has 0 aromatic heterocycles. The molecule has 270 valence electrons. The Labute approximate surface area is 285 Å². The van der Waals surface area contributed by atoms with Crippen LogP contribution in [0.25, 0.3) is 0 Å². The molecule has 0 aliphatic carbocycles. The zero-order valence-electron chi connectivity index (χ0n) is 30.6. The number of aliphatic imine (C=N–C) groups is 1. The summed E-state index contributed by atoms with van der Waals surface area (Å²) in [5.74, 6) is -0.636. The van der Waals surface area contributed by atoms with E-state index in [9.17, 15) is 9.59 Å². The van der Waals surface area contributed by atoms with E-state index in [2.05, 4.69) is 18.8 Å². The number of carbonyl (C=O) groups is 2. The van der Waals surface area contributed by atoms with Gasteiger partial charge in [-0.25, -0.2) is 4.99 Å². The van der Waals surface area contributed by atoms with Crippen molar-refractivity contribution < 1.29 is 23.8 Å². The fraction of sp³-hybridized carbons (Fsp3) is 0.925. The van der Waals surface area contributed by atoms with Crippen LogP contribution in [-0.4, -0.2) is 37.3 Å². The summed E-state index contributed by atoms with van der Waals surface area (Å²) < 4.78 is 16.4. The third-order valence-electron chi connectivity index (χ3n) is 9.37. The Bertz CT molecular complexity index is 664. The molecule has 0 N–H and O–H groups in total. The lowest BCUT2D eigenvalue weighted by Gasteiger charge is -2.21. The maximum absolute atomic E-state index is 12.5. The van der Waals surface area contributed by atoms with Crippen LogP contribution in [0.15, 0.2) is 4.99 Å². The Morgan fingerprint density at radius 1 is 0.522 bits per heavy atom. The van der Waals surface area contributed by atoms with Crippen molar-refractivity contribution in [3.8, 4) is 0 Å². The van der Waals surface area contributed by atoms with Gasteiger partial charge in [0.2, 0.25) is 0 Å². The number of hydrogen-bond acceptors (Lipinski definition) is 6. The second-order valence-corrected chi connectivity index (χ2v) is 13.9. The predicted molar refractivity (Wildman–Crippen MR) is 193 cm³/mol. The van der Waals surface area contributed by atoms with Crippen molar-refractivity contribution in [1.29, 1.82) is 0 Å². The molecule has 0 aromatic carbocycles. The van der Waals surface area contributed by atoms with Crippen LogP contribution in [0.2, 0.25) is 0 Å². The van der Waals surface area contributed by atoms with E-state index in [0.29, 0.717) is 12.8 Å². The van der Waals surface area contributed by atoms with Crippen molar-refractivity contribution in [1.82, 2.24) is 0 Å². The first-order chi connectivity index (χ1) is 22.7. The quantitative estimate of drug-likeness (QED) is 0.0388. The molecule has 0 aromatic rings. The number of nitrogens with zero attached hydrogens (tertiary/aromatic N) is 1. The van der Waals surface area contributed by atoms with Gasteiger partial charge in [0, 0.05) is 12.8 Å². The molecule has 0 bridgehead atoms. The topological polar surface area (TPSA) is 74.2 Å². The van der Waals surface area contributed by atoms with Gasteiger partial charge >= 0.3 is 11.9 Å². The Morgan fingerprint density at radius 3 is 1.07 bits per heavy atom. The molecule has 1 heterocycles. The van der Waals surface area contributed by atoms with Gasteiger partial charge in [-0.1, -0.05) is 194 Å². The number of ether oxygens (including phenoxy) is 3. The fourth-order valence-electron chi connectivity index (χ4n) is 6.29. The Balaban J connectivity index is 2.01. The predicted octanol–water partition coefficient (Wildman–Crippen LogP) is 12.3. The number of hydrogen-bond donors (Lipinski definition) is 0. The van der Waals surface area contributed by atoms with Gasteiger partial charge in [0.1, 0.15) is 6.61 Å². The van der Waals surface area contributed by atoms with E-state index in [1.54, 1.807) is 0 Å². The van der Waals surface area contributed by atoms with Crippen LogP contribution in [0.5, 0.6) is 0 Å². The molecule has 1 rings (SSSR count). The molecule has 6 heteroatoms. The van der Waals surface area contributed by atoms with Gasteiger partial charge < -0.3 is 14.2 Å². The summed E-state index contributed by atoms with van der Waals surface area (Å²) in [5, 5.41) is 0. The monoisotopic (exact) mass is 650 g/mol. The van der Waals surface area contributed by atoms with E-state index < -0.39 is 12.3 Å². The molecule has 46 heavy (non-hydrogen) atoms. The molecule has 1 atom stereocenters. The van der Waals surface area contributed by atoms with Crippen molar-refractivity contribution in [2.45, 2.75) is 232 Å². The maximum atomic E-state index is 12.5. The van der Waals surface area contributed by atoms with Gasteiger partial charge in [0.05, 0.1) is 0 Å². The van der Waals surface area contributed by atoms with Crippen LogP contribution in [-0.2, 0) is 23.8 Å². The Hall–Kier alpha value is -1.59. The minimum atomic E-state index is -0.994. The van der Waals surface area contributed by atoms with Crippen molar-refractivity contribution in [3.63, 3.8) is 0 Å². The van der Waals surface area contributed by atoms with Gasteiger partial charge in [-0.05, 0) is 12.8 Å². The summed E-state index contributed by atoms with van der Waals surface area (Å²) in [6.45, 7) is 4.81. The Kier molecular flexibility index (Phi) is 30.7. The molecule has 0 radical (unpaired) electrons. The molecule has 0 saturated carbocycles. The molecule has 0 saturated heterocycles. The van der Waals surface area contributed by atoms with E-state index >= 15 is 0 Å². The highest BCUT2D eigenvalue weighted by atomic mass is 16.7. The smallest absolute Gasteiger partial charge is 0.308 e. The largest absolute Gasteiger partial charge is 0.481 e. The third kappa shape index (κ3) is 27.5. The van der Waals surface area contributed by atoms with Crippen molar-refractivity contribution in [2.75, 3.05) is 6.61 Å². The van der Waals surface area contributed by atoms with Gasteiger partial charge in [-0.2, -0.15) is 0 Å². The third-order valence-corrected chi connectivity index (χ3v) is 9.37. The number of unbranched alkanes of at least 4 members (excludes halogenated alkanes) is 28.